The highest BCUT2D eigenvalue weighted by Crippen LogP contribution is 2.28. The maximum atomic E-state index is 12.4. The van der Waals surface area contributed by atoms with Gasteiger partial charge in [-0.2, -0.15) is 8.78 Å². The second-order valence-corrected chi connectivity index (χ2v) is 6.44. The Morgan fingerprint density at radius 1 is 1.04 bits per heavy atom. The van der Waals surface area contributed by atoms with E-state index in [2.05, 4.69) is 16.2 Å². The molecule has 0 aromatic heterocycles. The Hall–Kier alpha value is -3.14. The minimum Gasteiger partial charge on any atom is -0.452 e. The lowest BCUT2D eigenvalue weighted by Crippen LogP contribution is -2.42. The first-order valence-electron chi connectivity index (χ1n) is 7.98. The molecule has 0 spiro atoms. The van der Waals surface area contributed by atoms with Gasteiger partial charge in [-0.15, -0.1) is 0 Å². The Morgan fingerprint density at radius 2 is 1.71 bits per heavy atom. The van der Waals surface area contributed by atoms with Gasteiger partial charge in [0.1, 0.15) is 0 Å². The van der Waals surface area contributed by atoms with Crippen LogP contribution in [0.1, 0.15) is 17.3 Å². The minimum absolute atomic E-state index is 0.181. The third kappa shape index (κ3) is 6.88. The van der Waals surface area contributed by atoms with Crippen LogP contribution in [0.4, 0.5) is 20.2 Å². The van der Waals surface area contributed by atoms with Crippen molar-refractivity contribution in [2.45, 2.75) is 17.6 Å². The molecule has 2 aromatic carbocycles. The van der Waals surface area contributed by atoms with Crippen molar-refractivity contribution in [3.8, 4) is 0 Å². The zero-order valence-electron chi connectivity index (χ0n) is 14.7. The molecular weight excluding hydrogens is 392 g/mol. The van der Waals surface area contributed by atoms with Gasteiger partial charge in [-0.3, -0.25) is 20.4 Å². The van der Waals surface area contributed by atoms with E-state index in [-0.39, 0.29) is 5.56 Å². The van der Waals surface area contributed by atoms with Gasteiger partial charge in [0.25, 0.3) is 11.7 Å². The van der Waals surface area contributed by atoms with Crippen molar-refractivity contribution in [2.24, 2.45) is 0 Å². The topological polar surface area (TPSA) is 96.5 Å². The molecule has 2 aromatic rings. The molecule has 0 saturated carbocycles. The van der Waals surface area contributed by atoms with Gasteiger partial charge >= 0.3 is 5.97 Å². The standard InChI is InChI=1S/C18H17F2N3O4S/c1-11(24)22-23-16(25)10-27-17(26)14-4-2-3-5-15(14)21-12-6-8-13(9-7-12)28-18(19)20/h2-9,18,21H,10H2,1H3,(H,22,24)(H,23,25). The van der Waals surface area contributed by atoms with Gasteiger partial charge in [0, 0.05) is 17.5 Å². The monoisotopic (exact) mass is 409 g/mol. The van der Waals surface area contributed by atoms with Crippen molar-refractivity contribution >= 4 is 40.9 Å². The van der Waals surface area contributed by atoms with Crippen molar-refractivity contribution < 1.29 is 27.9 Å². The number of benzene rings is 2. The van der Waals surface area contributed by atoms with Crippen LogP contribution in [0, 0.1) is 0 Å². The number of hydrogen-bond donors (Lipinski definition) is 3. The van der Waals surface area contributed by atoms with E-state index in [9.17, 15) is 23.2 Å². The number of nitrogens with one attached hydrogen (secondary N) is 3. The Kier molecular flexibility index (Phi) is 7.76. The number of amides is 2. The lowest BCUT2D eigenvalue weighted by molar-refractivity contribution is -0.129. The first-order chi connectivity index (χ1) is 13.3. The largest absolute Gasteiger partial charge is 0.452 e. The summed E-state index contributed by atoms with van der Waals surface area (Å²) in [7, 11) is 0. The summed E-state index contributed by atoms with van der Waals surface area (Å²) in [6.45, 7) is 0.639. The van der Waals surface area contributed by atoms with Crippen molar-refractivity contribution in [3.05, 3.63) is 54.1 Å². The molecule has 10 heteroatoms. The normalized spacial score (nSPS) is 10.3. The van der Waals surface area contributed by atoms with Gasteiger partial charge in [0.2, 0.25) is 5.91 Å². The predicted octanol–water partition coefficient (Wildman–Crippen LogP) is 3.07. The Labute approximate surface area is 163 Å². The van der Waals surface area contributed by atoms with E-state index in [4.69, 9.17) is 4.74 Å². The Morgan fingerprint density at radius 3 is 2.36 bits per heavy atom. The maximum Gasteiger partial charge on any atom is 0.340 e. The van der Waals surface area contributed by atoms with Gasteiger partial charge < -0.3 is 10.1 Å². The Balaban J connectivity index is 2.00. The van der Waals surface area contributed by atoms with Crippen molar-refractivity contribution in [3.63, 3.8) is 0 Å². The number of para-hydroxylation sites is 1. The third-order valence-electron chi connectivity index (χ3n) is 3.22. The molecule has 2 rings (SSSR count). The number of rotatable bonds is 7. The highest BCUT2D eigenvalue weighted by molar-refractivity contribution is 7.99. The van der Waals surface area contributed by atoms with Gasteiger partial charge in [0.15, 0.2) is 6.61 Å². The molecule has 0 saturated heterocycles. The van der Waals surface area contributed by atoms with Gasteiger partial charge in [-0.1, -0.05) is 23.9 Å². The molecule has 0 aliphatic carbocycles. The van der Waals surface area contributed by atoms with Crippen molar-refractivity contribution in [1.82, 2.24) is 10.9 Å². The summed E-state index contributed by atoms with van der Waals surface area (Å²) in [6, 6.07) is 12.7. The molecular formula is C18H17F2N3O4S. The SMILES string of the molecule is CC(=O)NNC(=O)COC(=O)c1ccccc1Nc1ccc(SC(F)F)cc1. The number of halogens is 2. The zero-order chi connectivity index (χ0) is 20.5. The smallest absolute Gasteiger partial charge is 0.340 e. The zero-order valence-corrected chi connectivity index (χ0v) is 15.5. The summed E-state index contributed by atoms with van der Waals surface area (Å²) >= 11 is 0.437. The third-order valence-corrected chi connectivity index (χ3v) is 3.94. The predicted molar refractivity (Wildman–Crippen MR) is 100 cm³/mol. The van der Waals surface area contributed by atoms with E-state index in [0.29, 0.717) is 28.0 Å². The summed E-state index contributed by atoms with van der Waals surface area (Å²) in [5.41, 5.74) is 5.34. The van der Waals surface area contributed by atoms with Crippen molar-refractivity contribution in [2.75, 3.05) is 11.9 Å². The van der Waals surface area contributed by atoms with Crippen LogP contribution in [0.25, 0.3) is 0 Å². The van der Waals surface area contributed by atoms with Gasteiger partial charge in [-0.25, -0.2) is 4.79 Å². The van der Waals surface area contributed by atoms with Crippen LogP contribution in [0.5, 0.6) is 0 Å². The molecule has 0 unspecified atom stereocenters. The van der Waals surface area contributed by atoms with E-state index in [1.807, 2.05) is 0 Å². The molecule has 2 amide bonds. The fourth-order valence-corrected chi connectivity index (χ4v) is 2.55. The summed E-state index contributed by atoms with van der Waals surface area (Å²) in [5, 5.41) is 3.01. The number of carbonyl (C=O) groups is 3. The van der Waals surface area contributed by atoms with E-state index in [0.717, 1.165) is 0 Å². The minimum atomic E-state index is -2.50. The molecule has 0 heterocycles. The van der Waals surface area contributed by atoms with Crippen molar-refractivity contribution in [1.29, 1.82) is 0 Å². The van der Waals surface area contributed by atoms with Crippen LogP contribution in [0.2, 0.25) is 0 Å². The molecule has 28 heavy (non-hydrogen) atoms. The fourth-order valence-electron chi connectivity index (χ4n) is 2.05. The first-order valence-corrected chi connectivity index (χ1v) is 8.86. The number of ether oxygens (including phenoxy) is 1. The Bertz CT molecular complexity index is 847. The number of alkyl halides is 2. The quantitative estimate of drug-likeness (QED) is 0.370. The molecule has 0 atom stereocenters. The molecule has 0 fully saturated rings. The molecule has 0 bridgehead atoms. The van der Waals surface area contributed by atoms with E-state index in [1.165, 1.54) is 25.1 Å². The van der Waals surface area contributed by atoms with Crippen LogP contribution in [0.15, 0.2) is 53.4 Å². The fraction of sp³-hybridized carbons (Fsp3) is 0.167. The van der Waals surface area contributed by atoms with E-state index >= 15 is 0 Å². The average Bonchev–Trinajstić information content (AvgIpc) is 2.66. The molecule has 0 aliphatic rings. The number of thioether (sulfide) groups is 1. The number of anilines is 2. The summed E-state index contributed by atoms with van der Waals surface area (Å²) in [4.78, 5) is 34.9. The number of carbonyl (C=O) groups excluding carboxylic acids is 3. The lowest BCUT2D eigenvalue weighted by Gasteiger charge is -2.12. The van der Waals surface area contributed by atoms with Gasteiger partial charge in [0.05, 0.1) is 11.3 Å². The highest BCUT2D eigenvalue weighted by atomic mass is 32.2. The second kappa shape index (κ2) is 10.3. The second-order valence-electron chi connectivity index (χ2n) is 5.38. The molecule has 0 radical (unpaired) electrons. The molecule has 3 N–H and O–H groups in total. The first kappa shape index (κ1) is 21.2. The van der Waals surface area contributed by atoms with Gasteiger partial charge in [-0.05, 0) is 36.4 Å². The van der Waals surface area contributed by atoms with Crippen LogP contribution >= 0.6 is 11.8 Å². The molecule has 7 nitrogen and oxygen atoms in total. The highest BCUT2D eigenvalue weighted by Gasteiger charge is 2.15. The van der Waals surface area contributed by atoms with E-state index in [1.54, 1.807) is 30.3 Å². The molecule has 148 valence electrons. The summed E-state index contributed by atoms with van der Waals surface area (Å²) in [6.07, 6.45) is 0. The number of hydrogen-bond acceptors (Lipinski definition) is 6. The number of esters is 1. The van der Waals surface area contributed by atoms with E-state index < -0.39 is 30.1 Å². The van der Waals surface area contributed by atoms with Crippen LogP contribution in [0.3, 0.4) is 0 Å². The number of hydrazine groups is 1. The average molecular weight is 409 g/mol. The summed E-state index contributed by atoms with van der Waals surface area (Å²) < 4.78 is 29.7. The lowest BCUT2D eigenvalue weighted by atomic mass is 10.1. The van der Waals surface area contributed by atoms with Crippen LogP contribution < -0.4 is 16.2 Å². The maximum absolute atomic E-state index is 12.4. The molecule has 0 aliphatic heterocycles. The van der Waals surface area contributed by atoms with Crippen LogP contribution in [-0.2, 0) is 14.3 Å². The van der Waals surface area contributed by atoms with Crippen LogP contribution in [-0.4, -0.2) is 30.1 Å². The summed E-state index contributed by atoms with van der Waals surface area (Å²) in [5.74, 6) is -4.41.